The van der Waals surface area contributed by atoms with E-state index in [0.29, 0.717) is 30.4 Å². The molecule has 0 bridgehead atoms. The van der Waals surface area contributed by atoms with E-state index in [-0.39, 0.29) is 18.9 Å². The standard InChI is InChI=1S/C27H32N2O6/c1-33-27(32)22(25(28)30)9-12-29-16-23-21(26(29)31)3-2-4-24(23)35-17-20-7-5-18(6-8-20)15-19-10-13-34-14-11-19/h2-8,19,22H,9-17H2,1H3,(H2,28,30). The number of carbonyl (C=O) groups is 3. The van der Waals surface area contributed by atoms with Gasteiger partial charge in [-0.15, -0.1) is 0 Å². The van der Waals surface area contributed by atoms with Crippen molar-refractivity contribution in [3.63, 3.8) is 0 Å². The molecule has 8 heteroatoms. The van der Waals surface area contributed by atoms with Crippen molar-refractivity contribution in [3.05, 3.63) is 64.7 Å². The Bertz CT molecular complexity index is 1060. The van der Waals surface area contributed by atoms with Crippen LogP contribution in [-0.4, -0.2) is 49.6 Å². The number of rotatable bonds is 10. The van der Waals surface area contributed by atoms with Crippen molar-refractivity contribution < 1.29 is 28.6 Å². The maximum absolute atomic E-state index is 12.9. The Kier molecular flexibility index (Phi) is 8.02. The van der Waals surface area contributed by atoms with Gasteiger partial charge >= 0.3 is 5.97 Å². The number of primary amides is 1. The van der Waals surface area contributed by atoms with Crippen LogP contribution in [0.2, 0.25) is 0 Å². The van der Waals surface area contributed by atoms with Crippen LogP contribution in [0.15, 0.2) is 42.5 Å². The second-order valence-corrected chi connectivity index (χ2v) is 9.14. The summed E-state index contributed by atoms with van der Waals surface area (Å²) in [6.45, 7) is 2.67. The Morgan fingerprint density at radius 2 is 1.83 bits per heavy atom. The second-order valence-electron chi connectivity index (χ2n) is 9.14. The van der Waals surface area contributed by atoms with Gasteiger partial charge in [0, 0.05) is 30.9 Å². The van der Waals surface area contributed by atoms with Gasteiger partial charge in [0.2, 0.25) is 5.91 Å². The summed E-state index contributed by atoms with van der Waals surface area (Å²) in [5, 5.41) is 0. The zero-order chi connectivity index (χ0) is 24.8. The van der Waals surface area contributed by atoms with Crippen LogP contribution < -0.4 is 10.5 Å². The van der Waals surface area contributed by atoms with E-state index in [1.54, 1.807) is 17.0 Å². The number of ether oxygens (including phenoxy) is 3. The summed E-state index contributed by atoms with van der Waals surface area (Å²) in [5.74, 6) is -1.35. The minimum absolute atomic E-state index is 0.109. The summed E-state index contributed by atoms with van der Waals surface area (Å²) >= 11 is 0. The van der Waals surface area contributed by atoms with Crippen LogP contribution in [0.25, 0.3) is 0 Å². The van der Waals surface area contributed by atoms with E-state index in [0.717, 1.165) is 43.6 Å². The van der Waals surface area contributed by atoms with Crippen molar-refractivity contribution in [1.29, 1.82) is 0 Å². The van der Waals surface area contributed by atoms with E-state index in [1.807, 2.05) is 6.07 Å². The Morgan fingerprint density at radius 1 is 1.11 bits per heavy atom. The van der Waals surface area contributed by atoms with Crippen LogP contribution in [0.5, 0.6) is 5.75 Å². The molecule has 1 unspecified atom stereocenters. The number of esters is 1. The van der Waals surface area contributed by atoms with Crippen LogP contribution in [0, 0.1) is 11.8 Å². The van der Waals surface area contributed by atoms with Gasteiger partial charge < -0.3 is 24.8 Å². The zero-order valence-corrected chi connectivity index (χ0v) is 20.0. The monoisotopic (exact) mass is 480 g/mol. The lowest BCUT2D eigenvalue weighted by atomic mass is 9.92. The Morgan fingerprint density at radius 3 is 2.51 bits per heavy atom. The number of fused-ring (bicyclic) bond motifs is 1. The van der Waals surface area contributed by atoms with E-state index in [2.05, 4.69) is 29.0 Å². The first-order chi connectivity index (χ1) is 17.0. The Hall–Kier alpha value is -3.39. The van der Waals surface area contributed by atoms with Crippen molar-refractivity contribution >= 4 is 17.8 Å². The van der Waals surface area contributed by atoms with Crippen LogP contribution in [0.3, 0.4) is 0 Å². The van der Waals surface area contributed by atoms with Gasteiger partial charge in [-0.2, -0.15) is 0 Å². The van der Waals surface area contributed by atoms with Crippen LogP contribution in [0.1, 0.15) is 46.3 Å². The molecular formula is C27H32N2O6. The molecule has 0 aliphatic carbocycles. The molecule has 1 saturated heterocycles. The fraction of sp³-hybridized carbons (Fsp3) is 0.444. The van der Waals surface area contributed by atoms with Crippen molar-refractivity contribution in [1.82, 2.24) is 4.90 Å². The minimum atomic E-state index is -1.08. The van der Waals surface area contributed by atoms with Crippen LogP contribution in [0.4, 0.5) is 0 Å². The maximum atomic E-state index is 12.9. The highest BCUT2D eigenvalue weighted by atomic mass is 16.5. The summed E-state index contributed by atoms with van der Waals surface area (Å²) in [7, 11) is 1.21. The molecule has 1 fully saturated rings. The number of carbonyl (C=O) groups excluding carboxylic acids is 3. The molecule has 0 aromatic heterocycles. The summed E-state index contributed by atoms with van der Waals surface area (Å²) < 4.78 is 16.2. The number of hydrogen-bond donors (Lipinski definition) is 1. The normalized spacial score (nSPS) is 16.6. The predicted octanol–water partition coefficient (Wildman–Crippen LogP) is 2.86. The van der Waals surface area contributed by atoms with Gasteiger partial charge in [0.05, 0.1) is 13.7 Å². The van der Waals surface area contributed by atoms with Gasteiger partial charge in [0.15, 0.2) is 0 Å². The molecule has 2 aromatic carbocycles. The maximum Gasteiger partial charge on any atom is 0.318 e. The highest BCUT2D eigenvalue weighted by Crippen LogP contribution is 2.32. The van der Waals surface area contributed by atoms with Gasteiger partial charge in [-0.05, 0) is 54.9 Å². The molecule has 186 valence electrons. The van der Waals surface area contributed by atoms with E-state index < -0.39 is 17.8 Å². The van der Waals surface area contributed by atoms with Crippen LogP contribution in [-0.2, 0) is 38.6 Å². The number of benzene rings is 2. The number of amides is 2. The highest BCUT2D eigenvalue weighted by Gasteiger charge is 2.32. The molecule has 8 nitrogen and oxygen atoms in total. The molecule has 2 amide bonds. The topological polar surface area (TPSA) is 108 Å². The van der Waals surface area contributed by atoms with E-state index in [4.69, 9.17) is 15.2 Å². The quantitative estimate of drug-likeness (QED) is 0.414. The zero-order valence-electron chi connectivity index (χ0n) is 20.0. The Balaban J connectivity index is 1.35. The van der Waals surface area contributed by atoms with Crippen molar-refractivity contribution in [3.8, 4) is 5.75 Å². The third kappa shape index (κ3) is 6.00. The number of methoxy groups -OCH3 is 1. The Labute approximate surface area is 205 Å². The molecule has 2 aromatic rings. The number of nitrogens with two attached hydrogens (primary N) is 1. The molecule has 2 N–H and O–H groups in total. The van der Waals surface area contributed by atoms with Crippen molar-refractivity contribution in [2.75, 3.05) is 26.9 Å². The van der Waals surface area contributed by atoms with Crippen molar-refractivity contribution in [2.24, 2.45) is 17.6 Å². The van der Waals surface area contributed by atoms with Gasteiger partial charge in [-0.1, -0.05) is 30.3 Å². The van der Waals surface area contributed by atoms with Gasteiger partial charge in [0.1, 0.15) is 18.3 Å². The highest BCUT2D eigenvalue weighted by molar-refractivity contribution is 5.99. The fourth-order valence-corrected chi connectivity index (χ4v) is 4.70. The van der Waals surface area contributed by atoms with Crippen molar-refractivity contribution in [2.45, 2.75) is 38.8 Å². The lowest BCUT2D eigenvalue weighted by molar-refractivity contribution is -0.149. The largest absolute Gasteiger partial charge is 0.489 e. The van der Waals surface area contributed by atoms with E-state index >= 15 is 0 Å². The van der Waals surface area contributed by atoms with Crippen LogP contribution >= 0.6 is 0 Å². The summed E-state index contributed by atoms with van der Waals surface area (Å²) in [4.78, 5) is 37.9. The summed E-state index contributed by atoms with van der Waals surface area (Å²) in [5.41, 5.74) is 9.08. The fourth-order valence-electron chi connectivity index (χ4n) is 4.70. The third-order valence-electron chi connectivity index (χ3n) is 6.80. The first-order valence-corrected chi connectivity index (χ1v) is 12.0. The molecule has 2 heterocycles. The molecule has 35 heavy (non-hydrogen) atoms. The lowest BCUT2D eigenvalue weighted by Gasteiger charge is -2.22. The molecule has 2 aliphatic rings. The summed E-state index contributed by atoms with van der Waals surface area (Å²) in [6, 6.07) is 13.9. The molecule has 0 spiro atoms. The second kappa shape index (κ2) is 11.4. The third-order valence-corrected chi connectivity index (χ3v) is 6.80. The lowest BCUT2D eigenvalue weighted by Crippen LogP contribution is -2.35. The number of hydrogen-bond acceptors (Lipinski definition) is 6. The van der Waals surface area contributed by atoms with Gasteiger partial charge in [-0.3, -0.25) is 14.4 Å². The first kappa shape index (κ1) is 24.7. The average molecular weight is 481 g/mol. The minimum Gasteiger partial charge on any atom is -0.489 e. The molecular weight excluding hydrogens is 448 g/mol. The average Bonchev–Trinajstić information content (AvgIpc) is 3.20. The molecule has 1 atom stereocenters. The van der Waals surface area contributed by atoms with Gasteiger partial charge in [0.25, 0.3) is 5.91 Å². The molecule has 0 radical (unpaired) electrons. The SMILES string of the molecule is COC(=O)C(CCN1Cc2c(OCc3ccc(CC4CCOCC4)cc3)cccc2C1=O)C(N)=O. The van der Waals surface area contributed by atoms with E-state index in [9.17, 15) is 14.4 Å². The smallest absolute Gasteiger partial charge is 0.318 e. The first-order valence-electron chi connectivity index (χ1n) is 12.0. The molecule has 4 rings (SSSR count). The number of nitrogens with zero attached hydrogens (tertiary/aromatic N) is 1. The van der Waals surface area contributed by atoms with Gasteiger partial charge in [-0.25, -0.2) is 0 Å². The van der Waals surface area contributed by atoms with E-state index in [1.165, 1.54) is 12.7 Å². The summed E-state index contributed by atoms with van der Waals surface area (Å²) in [6.07, 6.45) is 3.41. The molecule has 2 aliphatic heterocycles. The predicted molar refractivity (Wildman–Crippen MR) is 129 cm³/mol. The molecule has 0 saturated carbocycles.